The maximum Gasteiger partial charge on any atom is 0.115 e. The van der Waals surface area contributed by atoms with Crippen LogP contribution < -0.4 is 5.73 Å². The average molecular weight is 244 g/mol. The summed E-state index contributed by atoms with van der Waals surface area (Å²) < 4.78 is 0.990. The topological polar surface area (TPSA) is 46.2 Å². The van der Waals surface area contributed by atoms with Crippen LogP contribution in [0.5, 0.6) is 5.75 Å². The third-order valence-corrected chi connectivity index (χ3v) is 2.45. The van der Waals surface area contributed by atoms with E-state index in [-0.39, 0.29) is 11.3 Å². The van der Waals surface area contributed by atoms with E-state index in [2.05, 4.69) is 15.9 Å². The van der Waals surface area contributed by atoms with E-state index >= 15 is 0 Å². The van der Waals surface area contributed by atoms with Gasteiger partial charge in [-0.05, 0) is 44.0 Å². The van der Waals surface area contributed by atoms with Gasteiger partial charge in [-0.25, -0.2) is 0 Å². The Morgan fingerprint density at radius 3 is 2.62 bits per heavy atom. The Morgan fingerprint density at radius 1 is 1.46 bits per heavy atom. The smallest absolute Gasteiger partial charge is 0.115 e. The Labute approximate surface area is 86.9 Å². The SMILES string of the molecule is CC(C)(N)Cc1cc(O)ccc1Br. The lowest BCUT2D eigenvalue weighted by Gasteiger charge is -2.19. The maximum atomic E-state index is 9.27. The van der Waals surface area contributed by atoms with Gasteiger partial charge in [-0.15, -0.1) is 0 Å². The quantitative estimate of drug-likeness (QED) is 0.839. The molecule has 0 fully saturated rings. The minimum Gasteiger partial charge on any atom is -0.508 e. The lowest BCUT2D eigenvalue weighted by molar-refractivity contribution is 0.471. The first kappa shape index (κ1) is 10.5. The van der Waals surface area contributed by atoms with Gasteiger partial charge in [-0.1, -0.05) is 15.9 Å². The van der Waals surface area contributed by atoms with Gasteiger partial charge < -0.3 is 10.8 Å². The van der Waals surface area contributed by atoms with Crippen molar-refractivity contribution in [3.63, 3.8) is 0 Å². The molecule has 1 aromatic carbocycles. The molecule has 0 heterocycles. The number of hydrogen-bond donors (Lipinski definition) is 2. The van der Waals surface area contributed by atoms with Crippen LogP contribution in [-0.4, -0.2) is 10.6 Å². The zero-order valence-corrected chi connectivity index (χ0v) is 9.43. The van der Waals surface area contributed by atoms with E-state index in [1.54, 1.807) is 12.1 Å². The first-order valence-corrected chi connectivity index (χ1v) is 4.94. The first-order chi connectivity index (χ1) is 5.88. The van der Waals surface area contributed by atoms with Crippen LogP contribution in [-0.2, 0) is 6.42 Å². The molecule has 0 radical (unpaired) electrons. The molecule has 1 aromatic rings. The summed E-state index contributed by atoms with van der Waals surface area (Å²) in [7, 11) is 0. The molecule has 13 heavy (non-hydrogen) atoms. The fourth-order valence-corrected chi connectivity index (χ4v) is 1.57. The van der Waals surface area contributed by atoms with Gasteiger partial charge in [0.1, 0.15) is 5.75 Å². The van der Waals surface area contributed by atoms with Crippen LogP contribution in [0.2, 0.25) is 0 Å². The highest BCUT2D eigenvalue weighted by molar-refractivity contribution is 9.10. The highest BCUT2D eigenvalue weighted by Gasteiger charge is 2.13. The number of benzene rings is 1. The number of aromatic hydroxyl groups is 1. The number of phenols is 1. The molecule has 0 aliphatic heterocycles. The maximum absolute atomic E-state index is 9.27. The minimum absolute atomic E-state index is 0.254. The number of halogens is 1. The average Bonchev–Trinajstić information content (AvgIpc) is 1.94. The second kappa shape index (κ2) is 3.68. The molecule has 1 rings (SSSR count). The van der Waals surface area contributed by atoms with Crippen LogP contribution in [0, 0.1) is 0 Å². The van der Waals surface area contributed by atoms with Crippen molar-refractivity contribution in [2.75, 3.05) is 0 Å². The monoisotopic (exact) mass is 243 g/mol. The highest BCUT2D eigenvalue weighted by atomic mass is 79.9. The zero-order chi connectivity index (χ0) is 10.1. The molecule has 0 atom stereocenters. The molecule has 0 bridgehead atoms. The van der Waals surface area contributed by atoms with Gasteiger partial charge >= 0.3 is 0 Å². The van der Waals surface area contributed by atoms with E-state index in [1.165, 1.54) is 0 Å². The van der Waals surface area contributed by atoms with Crippen LogP contribution in [0.1, 0.15) is 19.4 Å². The second-order valence-corrected chi connectivity index (χ2v) is 4.80. The molecule has 0 aromatic heterocycles. The molecule has 0 aliphatic rings. The predicted molar refractivity (Wildman–Crippen MR) is 57.8 cm³/mol. The van der Waals surface area contributed by atoms with E-state index in [9.17, 15) is 5.11 Å². The summed E-state index contributed by atoms with van der Waals surface area (Å²) in [5, 5.41) is 9.27. The van der Waals surface area contributed by atoms with E-state index in [4.69, 9.17) is 5.73 Å². The van der Waals surface area contributed by atoms with Crippen molar-refractivity contribution < 1.29 is 5.11 Å². The van der Waals surface area contributed by atoms with Crippen LogP contribution in [0.25, 0.3) is 0 Å². The van der Waals surface area contributed by atoms with Crippen molar-refractivity contribution in [2.24, 2.45) is 5.73 Å². The standard InChI is InChI=1S/C10H14BrNO/c1-10(2,12)6-7-5-8(13)3-4-9(7)11/h3-5,13H,6,12H2,1-2H3. The van der Waals surface area contributed by atoms with Gasteiger partial charge in [0.2, 0.25) is 0 Å². The Balaban J connectivity index is 2.94. The Kier molecular flexibility index (Phi) is 2.98. The van der Waals surface area contributed by atoms with Crippen LogP contribution >= 0.6 is 15.9 Å². The fraction of sp³-hybridized carbons (Fsp3) is 0.400. The molecule has 0 aliphatic carbocycles. The van der Waals surface area contributed by atoms with E-state index in [0.717, 1.165) is 16.5 Å². The number of phenolic OH excluding ortho intramolecular Hbond substituents is 1. The molecule has 72 valence electrons. The zero-order valence-electron chi connectivity index (χ0n) is 7.84. The summed E-state index contributed by atoms with van der Waals surface area (Å²) in [6.07, 6.45) is 0.738. The molecular formula is C10H14BrNO. The van der Waals surface area contributed by atoms with E-state index in [1.807, 2.05) is 19.9 Å². The molecule has 2 nitrogen and oxygen atoms in total. The molecule has 0 spiro atoms. The van der Waals surface area contributed by atoms with E-state index < -0.39 is 0 Å². The summed E-state index contributed by atoms with van der Waals surface area (Å²) in [6, 6.07) is 5.21. The predicted octanol–water partition coefficient (Wildman–Crippen LogP) is 2.43. The largest absolute Gasteiger partial charge is 0.508 e. The van der Waals surface area contributed by atoms with Crippen molar-refractivity contribution in [3.8, 4) is 5.75 Å². The summed E-state index contributed by atoms with van der Waals surface area (Å²) in [5.41, 5.74) is 6.67. The second-order valence-electron chi connectivity index (χ2n) is 3.94. The Hall–Kier alpha value is -0.540. The molecule has 3 N–H and O–H groups in total. The third kappa shape index (κ3) is 3.36. The lowest BCUT2D eigenvalue weighted by atomic mass is 9.96. The molecule has 0 saturated carbocycles. The van der Waals surface area contributed by atoms with Gasteiger partial charge in [-0.2, -0.15) is 0 Å². The van der Waals surface area contributed by atoms with Crippen molar-refractivity contribution in [3.05, 3.63) is 28.2 Å². The number of hydrogen-bond acceptors (Lipinski definition) is 2. The third-order valence-electron chi connectivity index (χ3n) is 1.68. The summed E-state index contributed by atoms with van der Waals surface area (Å²) in [6.45, 7) is 3.92. The van der Waals surface area contributed by atoms with Crippen molar-refractivity contribution >= 4 is 15.9 Å². The lowest BCUT2D eigenvalue weighted by Crippen LogP contribution is -2.34. The van der Waals surface area contributed by atoms with Crippen LogP contribution in [0.15, 0.2) is 22.7 Å². The normalized spacial score (nSPS) is 11.7. The Morgan fingerprint density at radius 2 is 2.08 bits per heavy atom. The highest BCUT2D eigenvalue weighted by Crippen LogP contribution is 2.24. The summed E-state index contributed by atoms with van der Waals surface area (Å²) >= 11 is 3.42. The minimum atomic E-state index is -0.254. The molecule has 0 amide bonds. The Bertz CT molecular complexity index is 304. The summed E-state index contributed by atoms with van der Waals surface area (Å²) in [5.74, 6) is 0.280. The van der Waals surface area contributed by atoms with Crippen LogP contribution in [0.3, 0.4) is 0 Å². The van der Waals surface area contributed by atoms with Crippen LogP contribution in [0.4, 0.5) is 0 Å². The summed E-state index contributed by atoms with van der Waals surface area (Å²) in [4.78, 5) is 0. The van der Waals surface area contributed by atoms with Gasteiger partial charge in [0.05, 0.1) is 0 Å². The number of nitrogens with two attached hydrogens (primary N) is 1. The molecule has 0 unspecified atom stereocenters. The molecular weight excluding hydrogens is 230 g/mol. The molecule has 0 saturated heterocycles. The number of rotatable bonds is 2. The first-order valence-electron chi connectivity index (χ1n) is 4.15. The molecule has 3 heteroatoms. The van der Waals surface area contributed by atoms with Gasteiger partial charge in [0.15, 0.2) is 0 Å². The van der Waals surface area contributed by atoms with Crippen molar-refractivity contribution in [2.45, 2.75) is 25.8 Å². The van der Waals surface area contributed by atoms with Gasteiger partial charge in [0, 0.05) is 10.0 Å². The fourth-order valence-electron chi connectivity index (χ4n) is 1.19. The van der Waals surface area contributed by atoms with Crippen molar-refractivity contribution in [1.29, 1.82) is 0 Å². The van der Waals surface area contributed by atoms with Crippen molar-refractivity contribution in [1.82, 2.24) is 0 Å². The van der Waals surface area contributed by atoms with Gasteiger partial charge in [0.25, 0.3) is 0 Å². The van der Waals surface area contributed by atoms with Gasteiger partial charge in [-0.3, -0.25) is 0 Å². The van der Waals surface area contributed by atoms with E-state index in [0.29, 0.717) is 0 Å².